The van der Waals surface area contributed by atoms with Gasteiger partial charge in [0.25, 0.3) is 0 Å². The molecule has 4 N–H and O–H groups in total. The SMILES string of the molecule is CCCCCCCCCCC(CC(O)CO)C(C)(C)N. The third-order valence-corrected chi connectivity index (χ3v) is 4.23. The minimum atomic E-state index is -0.628. The Hall–Kier alpha value is -0.120. The molecule has 0 spiro atoms. The minimum absolute atomic E-state index is 0.163. The zero-order chi connectivity index (χ0) is 15.4. The van der Waals surface area contributed by atoms with Crippen LogP contribution in [-0.4, -0.2) is 28.5 Å². The standard InChI is InChI=1S/C17H37NO2/c1-4-5-6-7-8-9-10-11-12-15(17(2,3)18)13-16(20)14-19/h15-16,19-20H,4-14,18H2,1-3H3. The average Bonchev–Trinajstić information content (AvgIpc) is 2.38. The van der Waals surface area contributed by atoms with Gasteiger partial charge in [0.1, 0.15) is 0 Å². The van der Waals surface area contributed by atoms with E-state index in [9.17, 15) is 5.11 Å². The van der Waals surface area contributed by atoms with E-state index in [1.165, 1.54) is 51.4 Å². The van der Waals surface area contributed by atoms with Gasteiger partial charge in [0.2, 0.25) is 0 Å². The van der Waals surface area contributed by atoms with Gasteiger partial charge in [-0.3, -0.25) is 0 Å². The topological polar surface area (TPSA) is 66.5 Å². The Balaban J connectivity index is 3.75. The predicted octanol–water partition coefficient (Wildman–Crippen LogP) is 3.61. The third kappa shape index (κ3) is 10.6. The second-order valence-electron chi connectivity index (χ2n) is 6.85. The molecule has 0 rings (SSSR count). The van der Waals surface area contributed by atoms with Crippen LogP contribution in [0.15, 0.2) is 0 Å². The summed E-state index contributed by atoms with van der Waals surface area (Å²) in [5.41, 5.74) is 5.91. The van der Waals surface area contributed by atoms with Gasteiger partial charge >= 0.3 is 0 Å². The Labute approximate surface area is 126 Å². The van der Waals surface area contributed by atoms with E-state index in [0.29, 0.717) is 6.42 Å². The van der Waals surface area contributed by atoms with Crippen molar-refractivity contribution in [2.24, 2.45) is 11.7 Å². The van der Waals surface area contributed by atoms with Gasteiger partial charge in [0, 0.05) is 5.54 Å². The highest BCUT2D eigenvalue weighted by molar-refractivity contribution is 4.83. The first-order valence-corrected chi connectivity index (χ1v) is 8.49. The highest BCUT2D eigenvalue weighted by Gasteiger charge is 2.26. The van der Waals surface area contributed by atoms with Crippen LogP contribution in [-0.2, 0) is 0 Å². The number of rotatable bonds is 13. The third-order valence-electron chi connectivity index (χ3n) is 4.23. The van der Waals surface area contributed by atoms with Gasteiger partial charge in [0.05, 0.1) is 12.7 Å². The highest BCUT2D eigenvalue weighted by Crippen LogP contribution is 2.26. The number of hydrogen-bond donors (Lipinski definition) is 3. The molecule has 0 aromatic carbocycles. The number of unbranched alkanes of at least 4 members (excludes halogenated alkanes) is 7. The van der Waals surface area contributed by atoms with Crippen molar-refractivity contribution in [3.63, 3.8) is 0 Å². The quantitative estimate of drug-likeness (QED) is 0.453. The van der Waals surface area contributed by atoms with Crippen molar-refractivity contribution >= 4 is 0 Å². The zero-order valence-corrected chi connectivity index (χ0v) is 13.9. The Morgan fingerprint density at radius 2 is 1.45 bits per heavy atom. The van der Waals surface area contributed by atoms with E-state index in [4.69, 9.17) is 10.8 Å². The summed E-state index contributed by atoms with van der Waals surface area (Å²) in [6.45, 7) is 6.12. The van der Waals surface area contributed by atoms with Crippen LogP contribution in [0.2, 0.25) is 0 Å². The molecule has 0 heterocycles. The first-order chi connectivity index (χ1) is 9.41. The smallest absolute Gasteiger partial charge is 0.0774 e. The number of aliphatic hydroxyl groups is 2. The van der Waals surface area contributed by atoms with Crippen LogP contribution < -0.4 is 5.73 Å². The Kier molecular flexibility index (Phi) is 11.5. The number of aliphatic hydroxyl groups excluding tert-OH is 2. The Morgan fingerprint density at radius 3 is 1.90 bits per heavy atom. The number of nitrogens with two attached hydrogens (primary N) is 1. The van der Waals surface area contributed by atoms with Crippen molar-refractivity contribution in [1.82, 2.24) is 0 Å². The molecular weight excluding hydrogens is 250 g/mol. The molecule has 0 aliphatic heterocycles. The van der Waals surface area contributed by atoms with Crippen LogP contribution in [0.1, 0.15) is 85.0 Å². The molecule has 3 nitrogen and oxygen atoms in total. The second-order valence-corrected chi connectivity index (χ2v) is 6.85. The van der Waals surface area contributed by atoms with E-state index in [0.717, 1.165) is 6.42 Å². The van der Waals surface area contributed by atoms with Crippen LogP contribution >= 0.6 is 0 Å². The fourth-order valence-corrected chi connectivity index (χ4v) is 2.72. The molecule has 0 aliphatic carbocycles. The molecule has 0 bridgehead atoms. The number of hydrogen-bond acceptors (Lipinski definition) is 3. The summed E-state index contributed by atoms with van der Waals surface area (Å²) in [5, 5.41) is 18.6. The van der Waals surface area contributed by atoms with E-state index in [2.05, 4.69) is 6.92 Å². The summed E-state index contributed by atoms with van der Waals surface area (Å²) in [5.74, 6) is 0.282. The zero-order valence-electron chi connectivity index (χ0n) is 13.9. The molecular formula is C17H37NO2. The fourth-order valence-electron chi connectivity index (χ4n) is 2.72. The molecule has 0 aromatic rings. The van der Waals surface area contributed by atoms with Gasteiger partial charge in [-0.25, -0.2) is 0 Å². The van der Waals surface area contributed by atoms with Crippen molar-refractivity contribution in [2.75, 3.05) is 6.61 Å². The molecule has 122 valence electrons. The van der Waals surface area contributed by atoms with Gasteiger partial charge in [-0.05, 0) is 32.6 Å². The van der Waals surface area contributed by atoms with E-state index < -0.39 is 6.10 Å². The van der Waals surface area contributed by atoms with Gasteiger partial charge in [-0.2, -0.15) is 0 Å². The molecule has 0 amide bonds. The fraction of sp³-hybridized carbons (Fsp3) is 1.00. The molecule has 20 heavy (non-hydrogen) atoms. The predicted molar refractivity (Wildman–Crippen MR) is 86.7 cm³/mol. The summed E-state index contributed by atoms with van der Waals surface area (Å²) in [6, 6.07) is 0. The van der Waals surface area contributed by atoms with Crippen LogP contribution in [0.3, 0.4) is 0 Å². The van der Waals surface area contributed by atoms with Crippen molar-refractivity contribution in [1.29, 1.82) is 0 Å². The molecule has 2 unspecified atom stereocenters. The minimum Gasteiger partial charge on any atom is -0.394 e. The molecule has 0 saturated carbocycles. The summed E-state index contributed by atoms with van der Waals surface area (Å²) in [7, 11) is 0. The highest BCUT2D eigenvalue weighted by atomic mass is 16.3. The summed E-state index contributed by atoms with van der Waals surface area (Å²) in [6.07, 6.45) is 11.5. The molecule has 0 fully saturated rings. The molecule has 0 radical (unpaired) electrons. The van der Waals surface area contributed by atoms with E-state index >= 15 is 0 Å². The lowest BCUT2D eigenvalue weighted by atomic mass is 9.80. The first-order valence-electron chi connectivity index (χ1n) is 8.49. The van der Waals surface area contributed by atoms with Crippen LogP contribution in [0.25, 0.3) is 0 Å². The van der Waals surface area contributed by atoms with Crippen LogP contribution in [0, 0.1) is 5.92 Å². The molecule has 0 aliphatic rings. The Bertz CT molecular complexity index is 214. The van der Waals surface area contributed by atoms with E-state index in [-0.39, 0.29) is 18.1 Å². The average molecular weight is 287 g/mol. The summed E-state index contributed by atoms with van der Waals surface area (Å²) >= 11 is 0. The molecule has 3 heteroatoms. The molecule has 0 saturated heterocycles. The Morgan fingerprint density at radius 1 is 0.950 bits per heavy atom. The maximum Gasteiger partial charge on any atom is 0.0774 e. The van der Waals surface area contributed by atoms with Crippen molar-refractivity contribution < 1.29 is 10.2 Å². The van der Waals surface area contributed by atoms with Gasteiger partial charge in [-0.1, -0.05) is 58.3 Å². The second kappa shape index (κ2) is 11.5. The maximum absolute atomic E-state index is 9.61. The lowest BCUT2D eigenvalue weighted by Crippen LogP contribution is -2.42. The largest absolute Gasteiger partial charge is 0.394 e. The lowest BCUT2D eigenvalue weighted by Gasteiger charge is -2.32. The van der Waals surface area contributed by atoms with E-state index in [1.807, 2.05) is 13.8 Å². The maximum atomic E-state index is 9.61. The van der Waals surface area contributed by atoms with Crippen molar-refractivity contribution in [2.45, 2.75) is 96.6 Å². The van der Waals surface area contributed by atoms with Crippen molar-refractivity contribution in [3.05, 3.63) is 0 Å². The molecule has 2 atom stereocenters. The van der Waals surface area contributed by atoms with Crippen LogP contribution in [0.4, 0.5) is 0 Å². The van der Waals surface area contributed by atoms with Crippen LogP contribution in [0.5, 0.6) is 0 Å². The summed E-state index contributed by atoms with van der Waals surface area (Å²) < 4.78 is 0. The first kappa shape index (κ1) is 19.9. The monoisotopic (exact) mass is 287 g/mol. The lowest BCUT2D eigenvalue weighted by molar-refractivity contribution is 0.0606. The normalized spacial score (nSPS) is 15.3. The van der Waals surface area contributed by atoms with Gasteiger partial charge in [0.15, 0.2) is 0 Å². The molecule has 0 aromatic heterocycles. The van der Waals surface area contributed by atoms with E-state index in [1.54, 1.807) is 0 Å². The summed E-state index contributed by atoms with van der Waals surface area (Å²) in [4.78, 5) is 0. The van der Waals surface area contributed by atoms with Crippen molar-refractivity contribution in [3.8, 4) is 0 Å². The van der Waals surface area contributed by atoms with Gasteiger partial charge < -0.3 is 15.9 Å². The van der Waals surface area contributed by atoms with Gasteiger partial charge in [-0.15, -0.1) is 0 Å².